The molecule has 3 aromatic rings. The number of halogens is 3. The Morgan fingerprint density at radius 3 is 2.63 bits per heavy atom. The Kier molecular flexibility index (Phi) is 5.67. The van der Waals surface area contributed by atoms with E-state index in [1.54, 1.807) is 4.57 Å². The predicted molar refractivity (Wildman–Crippen MR) is 101 cm³/mol. The first-order chi connectivity index (χ1) is 14.1. The first-order valence-corrected chi connectivity index (χ1v) is 8.83. The molecule has 2 aromatic heterocycles. The molecule has 3 rings (SSSR count). The topological polar surface area (TPSA) is 100 Å². The van der Waals surface area contributed by atoms with Crippen LogP contribution < -0.4 is 21.3 Å². The van der Waals surface area contributed by atoms with E-state index in [-0.39, 0.29) is 29.8 Å². The number of hydrogen-bond acceptors (Lipinski definition) is 5. The van der Waals surface area contributed by atoms with Gasteiger partial charge in [0.05, 0.1) is 6.33 Å². The lowest BCUT2D eigenvalue weighted by molar-refractivity contribution is -0.274. The van der Waals surface area contributed by atoms with E-state index in [0.717, 1.165) is 16.7 Å². The first-order valence-electron chi connectivity index (χ1n) is 8.83. The number of aryl methyl sites for hydroxylation is 2. The van der Waals surface area contributed by atoms with Gasteiger partial charge in [0, 0.05) is 38.8 Å². The zero-order chi connectivity index (χ0) is 22.1. The number of carbonyl (C=O) groups excluding carboxylic acids is 1. The maximum Gasteiger partial charge on any atom is 0.573 e. The molecule has 1 amide bonds. The summed E-state index contributed by atoms with van der Waals surface area (Å²) in [5, 5.41) is 2.50. The van der Waals surface area contributed by atoms with E-state index in [2.05, 4.69) is 15.0 Å². The van der Waals surface area contributed by atoms with Gasteiger partial charge in [-0.2, -0.15) is 0 Å². The summed E-state index contributed by atoms with van der Waals surface area (Å²) in [7, 11) is 2.87. The molecule has 30 heavy (non-hydrogen) atoms. The highest BCUT2D eigenvalue weighted by Crippen LogP contribution is 2.25. The average molecular weight is 425 g/mol. The van der Waals surface area contributed by atoms with Crippen LogP contribution in [-0.2, 0) is 25.4 Å². The van der Waals surface area contributed by atoms with Gasteiger partial charge in [-0.1, -0.05) is 6.07 Å². The van der Waals surface area contributed by atoms with Crippen LogP contribution >= 0.6 is 0 Å². The number of carbonyl (C=O) groups is 1. The summed E-state index contributed by atoms with van der Waals surface area (Å²) >= 11 is 0. The van der Waals surface area contributed by atoms with Crippen LogP contribution in [0, 0.1) is 0 Å². The molecule has 0 unspecified atom stereocenters. The number of fused-ring (bicyclic) bond motifs is 1. The number of ether oxygens (including phenoxy) is 1. The molecule has 2 heterocycles. The summed E-state index contributed by atoms with van der Waals surface area (Å²) in [6, 6.07) is 4.96. The largest absolute Gasteiger partial charge is 0.573 e. The molecule has 0 atom stereocenters. The average Bonchev–Trinajstić information content (AvgIpc) is 3.07. The molecule has 0 spiro atoms. The Bertz CT molecular complexity index is 1210. The molecule has 0 saturated heterocycles. The molecule has 1 aromatic carbocycles. The van der Waals surface area contributed by atoms with E-state index >= 15 is 0 Å². The van der Waals surface area contributed by atoms with Gasteiger partial charge in [-0.15, -0.1) is 13.2 Å². The molecular formula is C18H18F3N5O4. The van der Waals surface area contributed by atoms with E-state index in [0.29, 0.717) is 6.42 Å². The third kappa shape index (κ3) is 4.53. The molecule has 0 saturated carbocycles. The Balaban J connectivity index is 1.64. The minimum atomic E-state index is -4.82. The number of hydrogen-bond donors (Lipinski definition) is 1. The van der Waals surface area contributed by atoms with Crippen molar-refractivity contribution in [2.75, 3.05) is 5.32 Å². The number of amides is 1. The number of benzene rings is 1. The fraction of sp³-hybridized carbons (Fsp3) is 0.333. The molecule has 160 valence electrons. The summed E-state index contributed by atoms with van der Waals surface area (Å²) in [6.45, 7) is 0.286. The standard InChI is InChI=1S/C18H18F3N5O4/c1-24-15-14(16(28)25(2)17(24)29)26(10-22-15)8-4-7-13(27)23-11-5-3-6-12(9-11)30-18(19,20)21/h3,5-6,9-10H,4,7-8H2,1-2H3,(H,23,27). The SMILES string of the molecule is Cn1c(=O)c2c(ncn2CCCC(=O)Nc2cccc(OC(F)(F)F)c2)n(C)c1=O. The van der Waals surface area contributed by atoms with E-state index in [4.69, 9.17) is 0 Å². The number of anilines is 1. The van der Waals surface area contributed by atoms with Crippen molar-refractivity contribution in [1.82, 2.24) is 18.7 Å². The molecule has 0 aliphatic rings. The van der Waals surface area contributed by atoms with Crippen LogP contribution in [0.5, 0.6) is 5.75 Å². The summed E-state index contributed by atoms with van der Waals surface area (Å²) in [6.07, 6.45) is -3.02. The van der Waals surface area contributed by atoms with E-state index in [1.807, 2.05) is 0 Å². The van der Waals surface area contributed by atoms with Gasteiger partial charge in [0.15, 0.2) is 11.2 Å². The van der Waals surface area contributed by atoms with Crippen molar-refractivity contribution in [2.45, 2.75) is 25.7 Å². The van der Waals surface area contributed by atoms with Crippen molar-refractivity contribution in [3.05, 3.63) is 51.4 Å². The van der Waals surface area contributed by atoms with Gasteiger partial charge in [-0.25, -0.2) is 9.78 Å². The molecule has 0 aliphatic carbocycles. The lowest BCUT2D eigenvalue weighted by Crippen LogP contribution is -2.37. The van der Waals surface area contributed by atoms with Crippen molar-refractivity contribution in [3.63, 3.8) is 0 Å². The number of imidazole rings is 1. The molecule has 12 heteroatoms. The number of nitrogens with one attached hydrogen (secondary N) is 1. The minimum Gasteiger partial charge on any atom is -0.406 e. The molecule has 9 nitrogen and oxygen atoms in total. The second-order valence-electron chi connectivity index (χ2n) is 6.54. The van der Waals surface area contributed by atoms with E-state index in [1.165, 1.54) is 37.1 Å². The Labute approximate surface area is 167 Å². The quantitative estimate of drug-likeness (QED) is 0.649. The normalized spacial score (nSPS) is 11.6. The van der Waals surface area contributed by atoms with Gasteiger partial charge in [-0.3, -0.25) is 18.7 Å². The Morgan fingerprint density at radius 1 is 1.20 bits per heavy atom. The third-order valence-corrected chi connectivity index (χ3v) is 4.37. The second-order valence-corrected chi connectivity index (χ2v) is 6.54. The highest BCUT2D eigenvalue weighted by molar-refractivity contribution is 5.90. The van der Waals surface area contributed by atoms with E-state index in [9.17, 15) is 27.6 Å². The zero-order valence-electron chi connectivity index (χ0n) is 16.1. The Morgan fingerprint density at radius 2 is 1.93 bits per heavy atom. The smallest absolute Gasteiger partial charge is 0.406 e. The number of aromatic nitrogens is 4. The van der Waals surface area contributed by atoms with Crippen LogP contribution in [0.2, 0.25) is 0 Å². The molecule has 0 aliphatic heterocycles. The lowest BCUT2D eigenvalue weighted by Gasteiger charge is -2.11. The zero-order valence-corrected chi connectivity index (χ0v) is 16.1. The van der Waals surface area contributed by atoms with Crippen molar-refractivity contribution >= 4 is 22.8 Å². The monoisotopic (exact) mass is 425 g/mol. The maximum atomic E-state index is 12.4. The second kappa shape index (κ2) is 8.05. The Hall–Kier alpha value is -3.57. The van der Waals surface area contributed by atoms with Gasteiger partial charge in [-0.05, 0) is 18.6 Å². The van der Waals surface area contributed by atoms with Gasteiger partial charge in [0.2, 0.25) is 5.91 Å². The van der Waals surface area contributed by atoms with Crippen molar-refractivity contribution < 1.29 is 22.7 Å². The number of rotatable bonds is 6. The summed E-state index contributed by atoms with van der Waals surface area (Å²) < 4.78 is 44.5. The van der Waals surface area contributed by atoms with E-state index < -0.39 is 29.3 Å². The van der Waals surface area contributed by atoms with Crippen LogP contribution in [0.25, 0.3) is 11.2 Å². The highest BCUT2D eigenvalue weighted by atomic mass is 19.4. The van der Waals surface area contributed by atoms with Crippen LogP contribution in [-0.4, -0.2) is 31.0 Å². The molecule has 0 bridgehead atoms. The lowest BCUT2D eigenvalue weighted by atomic mass is 10.2. The first kappa shape index (κ1) is 21.1. The highest BCUT2D eigenvalue weighted by Gasteiger charge is 2.31. The molecule has 1 N–H and O–H groups in total. The summed E-state index contributed by atoms with van der Waals surface area (Å²) in [4.78, 5) is 40.5. The van der Waals surface area contributed by atoms with Gasteiger partial charge >= 0.3 is 12.1 Å². The summed E-state index contributed by atoms with van der Waals surface area (Å²) in [5.41, 5.74) is -0.324. The van der Waals surface area contributed by atoms with Crippen molar-refractivity contribution in [2.24, 2.45) is 14.1 Å². The molecular weight excluding hydrogens is 407 g/mol. The van der Waals surface area contributed by atoms with Crippen LogP contribution in [0.1, 0.15) is 12.8 Å². The minimum absolute atomic E-state index is 0.0517. The van der Waals surface area contributed by atoms with Gasteiger partial charge in [0.25, 0.3) is 5.56 Å². The fourth-order valence-electron chi connectivity index (χ4n) is 2.97. The number of nitrogens with zero attached hydrogens (tertiary/aromatic N) is 4. The third-order valence-electron chi connectivity index (χ3n) is 4.37. The van der Waals surface area contributed by atoms with Gasteiger partial charge in [0.1, 0.15) is 5.75 Å². The molecule has 0 radical (unpaired) electrons. The maximum absolute atomic E-state index is 12.4. The predicted octanol–water partition coefficient (Wildman–Crippen LogP) is 1.75. The fourth-order valence-corrected chi connectivity index (χ4v) is 2.97. The van der Waals surface area contributed by atoms with Crippen LogP contribution in [0.4, 0.5) is 18.9 Å². The summed E-state index contributed by atoms with van der Waals surface area (Å²) in [5.74, 6) is -0.851. The van der Waals surface area contributed by atoms with Gasteiger partial charge < -0.3 is 14.6 Å². The van der Waals surface area contributed by atoms with Crippen LogP contribution in [0.3, 0.4) is 0 Å². The van der Waals surface area contributed by atoms with Crippen LogP contribution in [0.15, 0.2) is 40.2 Å². The number of alkyl halides is 3. The van der Waals surface area contributed by atoms with Crippen molar-refractivity contribution in [3.8, 4) is 5.75 Å². The molecule has 0 fully saturated rings. The van der Waals surface area contributed by atoms with Crippen molar-refractivity contribution in [1.29, 1.82) is 0 Å².